The largest absolute Gasteiger partial charge is 0.384 e. The summed E-state index contributed by atoms with van der Waals surface area (Å²) in [6.07, 6.45) is 1.01. The minimum absolute atomic E-state index is 0.0286. The second-order valence-corrected chi connectivity index (χ2v) is 5.05. The highest BCUT2D eigenvalue weighted by atomic mass is 16.1. The Morgan fingerprint density at radius 3 is 2.82 bits per heavy atom. The van der Waals surface area contributed by atoms with Gasteiger partial charge in [0, 0.05) is 23.8 Å². The van der Waals surface area contributed by atoms with Gasteiger partial charge in [0.15, 0.2) is 0 Å². The average molecular weight is 232 g/mol. The van der Waals surface area contributed by atoms with Gasteiger partial charge >= 0.3 is 0 Å². The normalized spacial score (nSPS) is 15.3. The summed E-state index contributed by atoms with van der Waals surface area (Å²) in [7, 11) is 0. The lowest BCUT2D eigenvalue weighted by Gasteiger charge is -2.17. The second-order valence-electron chi connectivity index (χ2n) is 5.05. The Morgan fingerprint density at radius 2 is 2.12 bits per heavy atom. The molecule has 1 atom stereocenters. The number of carbonyl (C=O) groups excluding carboxylic acids is 1. The van der Waals surface area contributed by atoms with E-state index in [4.69, 9.17) is 0 Å². The highest BCUT2D eigenvalue weighted by molar-refractivity contribution is 5.95. The highest BCUT2D eigenvalue weighted by Gasteiger charge is 2.15. The molecule has 0 radical (unpaired) electrons. The van der Waals surface area contributed by atoms with Crippen LogP contribution in [0.2, 0.25) is 0 Å². The molecule has 1 heterocycles. The number of nitrogens with one attached hydrogen (secondary N) is 2. The van der Waals surface area contributed by atoms with Crippen molar-refractivity contribution in [1.82, 2.24) is 5.32 Å². The Hall–Kier alpha value is -1.51. The molecule has 0 saturated heterocycles. The van der Waals surface area contributed by atoms with Gasteiger partial charge in [0.05, 0.1) is 0 Å². The van der Waals surface area contributed by atoms with Crippen LogP contribution in [-0.2, 0) is 6.42 Å². The van der Waals surface area contributed by atoms with Gasteiger partial charge in [-0.25, -0.2) is 0 Å². The molecule has 3 nitrogen and oxygen atoms in total. The van der Waals surface area contributed by atoms with Gasteiger partial charge in [-0.05, 0) is 43.0 Å². The molecule has 0 spiro atoms. The predicted molar refractivity (Wildman–Crippen MR) is 70.4 cm³/mol. The molecule has 0 bridgehead atoms. The van der Waals surface area contributed by atoms with E-state index < -0.39 is 0 Å². The lowest BCUT2D eigenvalue weighted by atomic mass is 10.0. The van der Waals surface area contributed by atoms with E-state index in [-0.39, 0.29) is 11.9 Å². The minimum Gasteiger partial charge on any atom is -0.384 e. The number of benzene rings is 1. The summed E-state index contributed by atoms with van der Waals surface area (Å²) >= 11 is 0. The Kier molecular flexibility index (Phi) is 3.36. The molecule has 17 heavy (non-hydrogen) atoms. The standard InChI is InChI=1S/C14H20N2O/c1-9(2)10(3)16-14(17)12-4-5-13-11(8-12)6-7-15-13/h4-5,8-10,15H,6-7H2,1-3H3,(H,16,17)/t10-/m1/s1. The van der Waals surface area contributed by atoms with E-state index >= 15 is 0 Å². The molecule has 0 unspecified atom stereocenters. The number of anilines is 1. The van der Waals surface area contributed by atoms with Crippen LogP contribution in [0.15, 0.2) is 18.2 Å². The molecule has 1 aromatic carbocycles. The Bertz CT molecular complexity index is 426. The molecule has 2 N–H and O–H groups in total. The van der Waals surface area contributed by atoms with Crippen LogP contribution in [0.3, 0.4) is 0 Å². The van der Waals surface area contributed by atoms with Crippen LogP contribution in [0.1, 0.15) is 36.7 Å². The van der Waals surface area contributed by atoms with E-state index in [2.05, 4.69) is 24.5 Å². The van der Waals surface area contributed by atoms with Gasteiger partial charge in [-0.2, -0.15) is 0 Å². The first-order chi connectivity index (χ1) is 8.08. The van der Waals surface area contributed by atoms with Crippen molar-refractivity contribution >= 4 is 11.6 Å². The third-order valence-corrected chi connectivity index (χ3v) is 3.44. The molecule has 0 saturated carbocycles. The van der Waals surface area contributed by atoms with Crippen molar-refractivity contribution in [2.45, 2.75) is 33.2 Å². The van der Waals surface area contributed by atoms with Gasteiger partial charge in [0.2, 0.25) is 0 Å². The van der Waals surface area contributed by atoms with Crippen LogP contribution in [0.4, 0.5) is 5.69 Å². The summed E-state index contributed by atoms with van der Waals surface area (Å²) in [5.74, 6) is 0.482. The monoisotopic (exact) mass is 232 g/mol. The molecular formula is C14H20N2O. The van der Waals surface area contributed by atoms with E-state index in [9.17, 15) is 4.79 Å². The number of hydrogen-bond donors (Lipinski definition) is 2. The van der Waals surface area contributed by atoms with Gasteiger partial charge in [-0.15, -0.1) is 0 Å². The molecule has 3 heteroatoms. The molecule has 1 aliphatic rings. The van der Waals surface area contributed by atoms with Crippen molar-refractivity contribution in [2.75, 3.05) is 11.9 Å². The molecule has 0 aliphatic carbocycles. The SMILES string of the molecule is CC(C)[C@@H](C)NC(=O)c1ccc2c(c1)CCN2. The van der Waals surface area contributed by atoms with E-state index in [1.54, 1.807) is 0 Å². The van der Waals surface area contributed by atoms with Crippen molar-refractivity contribution < 1.29 is 4.79 Å². The van der Waals surface area contributed by atoms with Crippen LogP contribution in [0.25, 0.3) is 0 Å². The summed E-state index contributed by atoms with van der Waals surface area (Å²) in [6, 6.07) is 6.09. The number of hydrogen-bond acceptors (Lipinski definition) is 2. The second kappa shape index (κ2) is 4.78. The molecule has 92 valence electrons. The Balaban J connectivity index is 2.10. The fraction of sp³-hybridized carbons (Fsp3) is 0.500. The fourth-order valence-electron chi connectivity index (χ4n) is 1.90. The van der Waals surface area contributed by atoms with Gasteiger partial charge in [-0.3, -0.25) is 4.79 Å². The van der Waals surface area contributed by atoms with Crippen LogP contribution in [-0.4, -0.2) is 18.5 Å². The minimum atomic E-state index is 0.0286. The van der Waals surface area contributed by atoms with Gasteiger partial charge in [-0.1, -0.05) is 13.8 Å². The van der Waals surface area contributed by atoms with Crippen molar-refractivity contribution in [2.24, 2.45) is 5.92 Å². The average Bonchev–Trinajstić information content (AvgIpc) is 2.75. The lowest BCUT2D eigenvalue weighted by Crippen LogP contribution is -2.36. The Labute approximate surface area is 103 Å². The van der Waals surface area contributed by atoms with Crippen LogP contribution in [0, 0.1) is 5.92 Å². The van der Waals surface area contributed by atoms with Crippen molar-refractivity contribution in [3.8, 4) is 0 Å². The van der Waals surface area contributed by atoms with Crippen LogP contribution < -0.4 is 10.6 Å². The third kappa shape index (κ3) is 2.60. The highest BCUT2D eigenvalue weighted by Crippen LogP contribution is 2.23. The van der Waals surface area contributed by atoms with Gasteiger partial charge in [0.1, 0.15) is 0 Å². The molecular weight excluding hydrogens is 212 g/mol. The maximum absolute atomic E-state index is 12.0. The van der Waals surface area contributed by atoms with E-state index in [0.29, 0.717) is 5.92 Å². The fourth-order valence-corrected chi connectivity index (χ4v) is 1.90. The summed E-state index contributed by atoms with van der Waals surface area (Å²) in [5, 5.41) is 6.32. The Morgan fingerprint density at radius 1 is 1.35 bits per heavy atom. The maximum Gasteiger partial charge on any atom is 0.251 e. The van der Waals surface area contributed by atoms with Crippen molar-refractivity contribution in [3.63, 3.8) is 0 Å². The summed E-state index contributed by atoms with van der Waals surface area (Å²) < 4.78 is 0. The number of carbonyl (C=O) groups is 1. The third-order valence-electron chi connectivity index (χ3n) is 3.44. The van der Waals surface area contributed by atoms with Crippen LogP contribution >= 0.6 is 0 Å². The quantitative estimate of drug-likeness (QED) is 0.840. The van der Waals surface area contributed by atoms with Crippen LogP contribution in [0.5, 0.6) is 0 Å². The number of rotatable bonds is 3. The zero-order valence-corrected chi connectivity index (χ0v) is 10.7. The van der Waals surface area contributed by atoms with E-state index in [1.165, 1.54) is 11.3 Å². The van der Waals surface area contributed by atoms with Crippen molar-refractivity contribution in [3.05, 3.63) is 29.3 Å². The lowest BCUT2D eigenvalue weighted by molar-refractivity contribution is 0.0930. The van der Waals surface area contributed by atoms with E-state index in [1.807, 2.05) is 25.1 Å². The number of fused-ring (bicyclic) bond motifs is 1. The zero-order valence-electron chi connectivity index (χ0n) is 10.7. The predicted octanol–water partition coefficient (Wildman–Crippen LogP) is 2.43. The molecule has 0 aromatic heterocycles. The van der Waals surface area contributed by atoms with Crippen molar-refractivity contribution in [1.29, 1.82) is 0 Å². The molecule has 1 aliphatic heterocycles. The first-order valence-electron chi connectivity index (χ1n) is 6.25. The summed E-state index contributed by atoms with van der Waals surface area (Å²) in [5.41, 5.74) is 3.17. The topological polar surface area (TPSA) is 41.1 Å². The first kappa shape index (κ1) is 12.0. The molecule has 1 aromatic rings. The summed E-state index contributed by atoms with van der Waals surface area (Å²) in [4.78, 5) is 12.0. The maximum atomic E-state index is 12.0. The zero-order chi connectivity index (χ0) is 12.4. The molecule has 0 fully saturated rings. The molecule has 1 amide bonds. The summed E-state index contributed by atoms with van der Waals surface area (Å²) in [6.45, 7) is 7.23. The smallest absolute Gasteiger partial charge is 0.251 e. The van der Waals surface area contributed by atoms with Gasteiger partial charge < -0.3 is 10.6 Å². The number of amides is 1. The first-order valence-corrected chi connectivity index (χ1v) is 6.25. The molecule has 2 rings (SSSR count). The van der Waals surface area contributed by atoms with Gasteiger partial charge in [0.25, 0.3) is 5.91 Å². The van der Waals surface area contributed by atoms with E-state index in [0.717, 1.165) is 18.5 Å².